The van der Waals surface area contributed by atoms with Gasteiger partial charge in [-0.1, -0.05) is 0 Å². The van der Waals surface area contributed by atoms with E-state index in [9.17, 15) is 18.0 Å². The number of alkyl halides is 3. The number of nitrogens with zero attached hydrogens (tertiary/aromatic N) is 1. The lowest BCUT2D eigenvalue weighted by atomic mass is 9.90. The van der Waals surface area contributed by atoms with Crippen LogP contribution in [-0.4, -0.2) is 29.6 Å². The first kappa shape index (κ1) is 18.5. The average Bonchev–Trinajstić information content (AvgIpc) is 2.91. The zero-order valence-corrected chi connectivity index (χ0v) is 13.2. The molecule has 0 radical (unpaired) electrons. The van der Waals surface area contributed by atoms with Crippen LogP contribution in [0.1, 0.15) is 18.7 Å². The van der Waals surface area contributed by atoms with Crippen LogP contribution in [0.2, 0.25) is 0 Å². The fourth-order valence-electron chi connectivity index (χ4n) is 2.34. The van der Waals surface area contributed by atoms with Crippen molar-refractivity contribution in [2.75, 3.05) is 18.5 Å². The van der Waals surface area contributed by atoms with Crippen LogP contribution in [0.4, 0.5) is 18.9 Å². The van der Waals surface area contributed by atoms with Crippen LogP contribution in [0.3, 0.4) is 0 Å². The molecular weight excluding hydrogens is 351 g/mol. The first-order valence-corrected chi connectivity index (χ1v) is 6.94. The lowest BCUT2D eigenvalue weighted by Crippen LogP contribution is -2.54. The van der Waals surface area contributed by atoms with Gasteiger partial charge >= 0.3 is 12.1 Å². The lowest BCUT2D eigenvalue weighted by molar-refractivity contribution is -0.156. The van der Waals surface area contributed by atoms with Crippen molar-refractivity contribution in [3.8, 4) is 0 Å². The highest BCUT2D eigenvalue weighted by Gasteiger charge is 2.38. The molecule has 1 aromatic heterocycles. The van der Waals surface area contributed by atoms with E-state index in [2.05, 4.69) is 14.7 Å². The summed E-state index contributed by atoms with van der Waals surface area (Å²) in [7, 11) is 0. The molecule has 1 amide bonds. The van der Waals surface area contributed by atoms with Crippen molar-refractivity contribution in [2.45, 2.75) is 24.6 Å². The summed E-state index contributed by atoms with van der Waals surface area (Å²) in [5.74, 6) is -1.73. The van der Waals surface area contributed by atoms with Crippen LogP contribution in [0.5, 0.6) is 0 Å². The summed E-state index contributed by atoms with van der Waals surface area (Å²) in [6, 6.07) is 4.07. The Kier molecular flexibility index (Phi) is 5.07. The van der Waals surface area contributed by atoms with Crippen molar-refractivity contribution < 1.29 is 27.1 Å². The summed E-state index contributed by atoms with van der Waals surface area (Å²) < 4.78 is 47.5. The number of carbonyl (C=O) groups excluding carboxylic acids is 1. The molecular formula is C14H15ClF3N3O3. The molecule has 0 bridgehead atoms. The van der Waals surface area contributed by atoms with Crippen LogP contribution in [0.25, 0.3) is 11.1 Å². The van der Waals surface area contributed by atoms with E-state index in [1.165, 1.54) is 18.2 Å². The standard InChI is InChI=1S/C14H14F3N3O3.ClH/c15-14(16,17)12-20-9-7-8(1-2-10(9)23-12)19-11(21)13(18)3-5-22-6-4-13;/h1-2,7H,3-6,18H2,(H,19,21);1H. The van der Waals surface area contributed by atoms with E-state index < -0.39 is 23.5 Å². The minimum atomic E-state index is -4.66. The van der Waals surface area contributed by atoms with Crippen molar-refractivity contribution in [3.63, 3.8) is 0 Å². The SMILES string of the molecule is Cl.NC1(C(=O)Nc2ccc3oc(C(F)(F)F)nc3c2)CCOCC1. The van der Waals surface area contributed by atoms with Gasteiger partial charge in [-0.05, 0) is 31.0 Å². The Balaban J connectivity index is 0.00000208. The molecule has 1 aromatic carbocycles. The van der Waals surface area contributed by atoms with Crippen LogP contribution in [-0.2, 0) is 15.7 Å². The van der Waals surface area contributed by atoms with Gasteiger partial charge in [0, 0.05) is 18.9 Å². The smallest absolute Gasteiger partial charge is 0.433 e. The molecule has 1 fully saturated rings. The van der Waals surface area contributed by atoms with Gasteiger partial charge in [-0.2, -0.15) is 13.2 Å². The van der Waals surface area contributed by atoms with Gasteiger partial charge in [-0.25, -0.2) is 4.98 Å². The highest BCUT2D eigenvalue weighted by molar-refractivity contribution is 5.99. The Hall–Kier alpha value is -1.84. The number of halogens is 4. The Morgan fingerprint density at radius 1 is 1.29 bits per heavy atom. The van der Waals surface area contributed by atoms with Gasteiger partial charge in [0.05, 0.1) is 0 Å². The molecule has 0 spiro atoms. The second-order valence-corrected chi connectivity index (χ2v) is 5.42. The number of hydrogen-bond acceptors (Lipinski definition) is 5. The summed E-state index contributed by atoms with van der Waals surface area (Å²) in [4.78, 5) is 15.7. The number of benzene rings is 1. The van der Waals surface area contributed by atoms with Crippen LogP contribution in [0, 0.1) is 0 Å². The summed E-state index contributed by atoms with van der Waals surface area (Å²) >= 11 is 0. The molecule has 132 valence electrons. The van der Waals surface area contributed by atoms with Gasteiger partial charge in [-0.3, -0.25) is 4.79 Å². The number of hydrogen-bond donors (Lipinski definition) is 2. The lowest BCUT2D eigenvalue weighted by Gasteiger charge is -2.31. The number of ether oxygens (including phenoxy) is 1. The first-order chi connectivity index (χ1) is 10.8. The number of rotatable bonds is 2. The average molecular weight is 366 g/mol. The van der Waals surface area contributed by atoms with Crippen molar-refractivity contribution in [1.82, 2.24) is 4.98 Å². The number of fused-ring (bicyclic) bond motifs is 1. The molecule has 24 heavy (non-hydrogen) atoms. The van der Waals surface area contributed by atoms with Gasteiger partial charge in [0.15, 0.2) is 5.58 Å². The highest BCUT2D eigenvalue weighted by atomic mass is 35.5. The van der Waals surface area contributed by atoms with Crippen LogP contribution in [0.15, 0.2) is 22.6 Å². The number of anilines is 1. The highest BCUT2D eigenvalue weighted by Crippen LogP contribution is 2.32. The molecule has 0 aliphatic carbocycles. The van der Waals surface area contributed by atoms with E-state index in [4.69, 9.17) is 10.5 Å². The number of aromatic nitrogens is 1. The Morgan fingerprint density at radius 3 is 2.58 bits per heavy atom. The summed E-state index contributed by atoms with van der Waals surface area (Å²) in [5.41, 5.74) is 5.31. The predicted molar refractivity (Wildman–Crippen MR) is 81.9 cm³/mol. The van der Waals surface area contributed by atoms with Crippen LogP contribution >= 0.6 is 12.4 Å². The monoisotopic (exact) mass is 365 g/mol. The van der Waals surface area contributed by atoms with Gasteiger partial charge in [0.1, 0.15) is 11.1 Å². The van der Waals surface area contributed by atoms with Gasteiger partial charge < -0.3 is 20.2 Å². The topological polar surface area (TPSA) is 90.4 Å². The molecule has 1 saturated heterocycles. The molecule has 1 aliphatic rings. The fraction of sp³-hybridized carbons (Fsp3) is 0.429. The zero-order chi connectivity index (χ0) is 16.7. The Bertz CT molecular complexity index is 742. The van der Waals surface area contributed by atoms with E-state index in [-0.39, 0.29) is 23.5 Å². The third kappa shape index (κ3) is 3.63. The predicted octanol–water partition coefficient (Wildman–Crippen LogP) is 2.71. The number of nitrogens with one attached hydrogen (secondary N) is 1. The van der Waals surface area contributed by atoms with E-state index in [0.717, 1.165) is 0 Å². The number of nitrogens with two attached hydrogens (primary N) is 1. The van der Waals surface area contributed by atoms with Crippen molar-refractivity contribution in [2.24, 2.45) is 5.73 Å². The van der Waals surface area contributed by atoms with Gasteiger partial charge in [-0.15, -0.1) is 12.4 Å². The molecule has 1 aliphatic heterocycles. The van der Waals surface area contributed by atoms with E-state index in [1.807, 2.05) is 0 Å². The van der Waals surface area contributed by atoms with E-state index >= 15 is 0 Å². The minimum Gasteiger partial charge on any atom is -0.433 e. The maximum absolute atomic E-state index is 12.6. The molecule has 2 aromatic rings. The van der Waals surface area contributed by atoms with Gasteiger partial charge in [0.25, 0.3) is 0 Å². The maximum atomic E-state index is 12.6. The molecule has 0 saturated carbocycles. The van der Waals surface area contributed by atoms with E-state index in [1.54, 1.807) is 0 Å². The minimum absolute atomic E-state index is 0. The maximum Gasteiger partial charge on any atom is 0.468 e. The van der Waals surface area contributed by atoms with Crippen molar-refractivity contribution >= 4 is 35.1 Å². The second kappa shape index (κ2) is 6.58. The third-order valence-electron chi connectivity index (χ3n) is 3.73. The molecule has 3 rings (SSSR count). The Morgan fingerprint density at radius 2 is 1.96 bits per heavy atom. The van der Waals surface area contributed by atoms with Crippen molar-refractivity contribution in [3.05, 3.63) is 24.1 Å². The molecule has 10 heteroatoms. The molecule has 2 heterocycles. The fourth-order valence-corrected chi connectivity index (χ4v) is 2.34. The summed E-state index contributed by atoms with van der Waals surface area (Å²) in [6.07, 6.45) is -3.90. The third-order valence-corrected chi connectivity index (χ3v) is 3.73. The number of amides is 1. The second-order valence-electron chi connectivity index (χ2n) is 5.42. The Labute approximate surface area is 140 Å². The molecule has 6 nitrogen and oxygen atoms in total. The zero-order valence-electron chi connectivity index (χ0n) is 12.4. The summed E-state index contributed by atoms with van der Waals surface area (Å²) in [5, 5.41) is 2.61. The number of carbonyl (C=O) groups is 1. The quantitative estimate of drug-likeness (QED) is 0.854. The molecule has 0 unspecified atom stereocenters. The van der Waals surface area contributed by atoms with Gasteiger partial charge in [0.2, 0.25) is 5.91 Å². The normalized spacial score (nSPS) is 17.3. The van der Waals surface area contributed by atoms with Crippen molar-refractivity contribution in [1.29, 1.82) is 0 Å². The first-order valence-electron chi connectivity index (χ1n) is 6.94. The molecule has 3 N–H and O–H groups in total. The summed E-state index contributed by atoms with van der Waals surface area (Å²) in [6.45, 7) is 0.780. The molecule has 0 atom stereocenters. The largest absolute Gasteiger partial charge is 0.468 e. The van der Waals surface area contributed by atoms with E-state index in [0.29, 0.717) is 31.7 Å². The number of oxazole rings is 1. The van der Waals surface area contributed by atoms with Crippen LogP contribution < -0.4 is 11.1 Å².